The van der Waals surface area contributed by atoms with E-state index in [1.807, 2.05) is 0 Å². The molecule has 0 bridgehead atoms. The minimum absolute atomic E-state index is 1.13. The minimum Gasteiger partial charge on any atom is -0.0654 e. The summed E-state index contributed by atoms with van der Waals surface area (Å²) in [5, 5.41) is 0. The van der Waals surface area contributed by atoms with Crippen LogP contribution in [-0.2, 0) is 6.42 Å². The first-order chi connectivity index (χ1) is 13.8. The quantitative estimate of drug-likeness (QED) is 0.325. The van der Waals surface area contributed by atoms with Gasteiger partial charge in [-0.1, -0.05) is 110 Å². The van der Waals surface area contributed by atoms with Crippen LogP contribution in [0.2, 0.25) is 0 Å². The fraction of sp³-hybridized carbons (Fsp3) is 0.143. The lowest BCUT2D eigenvalue weighted by Crippen LogP contribution is -1.90. The van der Waals surface area contributed by atoms with Gasteiger partial charge in [0.25, 0.3) is 0 Å². The number of hydrogen-bond donors (Lipinski definition) is 0. The smallest absolute Gasteiger partial charge is 0.0175 e. The van der Waals surface area contributed by atoms with E-state index in [0.717, 1.165) is 6.42 Å². The van der Waals surface area contributed by atoms with Crippen LogP contribution in [0.5, 0.6) is 0 Å². The summed E-state index contributed by atoms with van der Waals surface area (Å²) in [5.74, 6) is 0. The molecule has 4 aromatic carbocycles. The number of aryl methyl sites for hydroxylation is 1. The highest BCUT2D eigenvalue weighted by Gasteiger charge is 2.06. The summed E-state index contributed by atoms with van der Waals surface area (Å²) in [6, 6.07) is 37.2. The third-order valence-corrected chi connectivity index (χ3v) is 5.24. The van der Waals surface area contributed by atoms with Crippen molar-refractivity contribution in [3.8, 4) is 33.4 Å². The highest BCUT2D eigenvalue weighted by atomic mass is 14.1. The van der Waals surface area contributed by atoms with Crippen LogP contribution in [0, 0.1) is 0 Å². The standard InChI is InChI=1S/C28H26/c1-2-3-10-22-19-27(24-13-8-5-9-14-24)21-28(20-22)26-17-15-25(16-18-26)23-11-6-4-7-12-23/h4-9,11-21H,2-3,10H2,1H3. The molecule has 0 heteroatoms. The summed E-state index contributed by atoms with van der Waals surface area (Å²) in [6.07, 6.45) is 3.58. The van der Waals surface area contributed by atoms with E-state index in [0.29, 0.717) is 0 Å². The van der Waals surface area contributed by atoms with Gasteiger partial charge >= 0.3 is 0 Å². The lowest BCUT2D eigenvalue weighted by atomic mass is 9.93. The van der Waals surface area contributed by atoms with E-state index in [1.165, 1.54) is 51.8 Å². The molecule has 0 amide bonds. The normalized spacial score (nSPS) is 10.8. The van der Waals surface area contributed by atoms with Crippen molar-refractivity contribution in [2.75, 3.05) is 0 Å². The van der Waals surface area contributed by atoms with Crippen molar-refractivity contribution in [1.29, 1.82) is 0 Å². The maximum absolute atomic E-state index is 2.36. The van der Waals surface area contributed by atoms with Gasteiger partial charge in [0.1, 0.15) is 0 Å². The molecule has 0 saturated carbocycles. The van der Waals surface area contributed by atoms with Gasteiger partial charge in [0.05, 0.1) is 0 Å². The van der Waals surface area contributed by atoms with Crippen LogP contribution in [0.4, 0.5) is 0 Å². The summed E-state index contributed by atoms with van der Waals surface area (Å²) >= 11 is 0. The fourth-order valence-corrected chi connectivity index (χ4v) is 3.67. The molecule has 0 spiro atoms. The molecule has 0 aliphatic carbocycles. The zero-order chi connectivity index (χ0) is 19.2. The zero-order valence-corrected chi connectivity index (χ0v) is 16.4. The third-order valence-electron chi connectivity index (χ3n) is 5.24. The number of hydrogen-bond acceptors (Lipinski definition) is 0. The highest BCUT2D eigenvalue weighted by molar-refractivity contribution is 5.76. The van der Waals surface area contributed by atoms with Gasteiger partial charge in [-0.3, -0.25) is 0 Å². The Morgan fingerprint density at radius 3 is 1.39 bits per heavy atom. The Balaban J connectivity index is 1.71. The average molecular weight is 363 g/mol. The largest absolute Gasteiger partial charge is 0.0654 e. The van der Waals surface area contributed by atoms with E-state index in [9.17, 15) is 0 Å². The van der Waals surface area contributed by atoms with Crippen LogP contribution < -0.4 is 0 Å². The monoisotopic (exact) mass is 362 g/mol. The second kappa shape index (κ2) is 8.71. The number of unbranched alkanes of at least 4 members (excludes halogenated alkanes) is 1. The van der Waals surface area contributed by atoms with Crippen LogP contribution in [0.1, 0.15) is 25.3 Å². The van der Waals surface area contributed by atoms with Crippen LogP contribution in [0.15, 0.2) is 103 Å². The Kier molecular flexibility index (Phi) is 5.68. The second-order valence-electron chi connectivity index (χ2n) is 7.33. The van der Waals surface area contributed by atoms with E-state index < -0.39 is 0 Å². The molecule has 0 radical (unpaired) electrons. The first-order valence-electron chi connectivity index (χ1n) is 10.2. The molecule has 0 saturated heterocycles. The van der Waals surface area contributed by atoms with Crippen molar-refractivity contribution in [2.24, 2.45) is 0 Å². The van der Waals surface area contributed by atoms with Crippen molar-refractivity contribution in [2.45, 2.75) is 26.2 Å². The van der Waals surface area contributed by atoms with Crippen molar-refractivity contribution in [3.63, 3.8) is 0 Å². The lowest BCUT2D eigenvalue weighted by Gasteiger charge is -2.11. The molecular weight excluding hydrogens is 336 g/mol. The molecule has 0 nitrogen and oxygen atoms in total. The molecule has 138 valence electrons. The molecule has 4 rings (SSSR count). The summed E-state index contributed by atoms with van der Waals surface area (Å²) < 4.78 is 0. The van der Waals surface area contributed by atoms with E-state index in [2.05, 4.69) is 110 Å². The Morgan fingerprint density at radius 1 is 0.464 bits per heavy atom. The van der Waals surface area contributed by atoms with Gasteiger partial charge in [-0.2, -0.15) is 0 Å². The Hall–Kier alpha value is -3.12. The van der Waals surface area contributed by atoms with Gasteiger partial charge in [-0.05, 0) is 57.9 Å². The molecule has 28 heavy (non-hydrogen) atoms. The predicted molar refractivity (Wildman–Crippen MR) is 121 cm³/mol. The molecule has 0 heterocycles. The zero-order valence-electron chi connectivity index (χ0n) is 16.4. The van der Waals surface area contributed by atoms with E-state index >= 15 is 0 Å². The molecule has 0 fully saturated rings. The maximum Gasteiger partial charge on any atom is -0.0175 e. The molecule has 0 unspecified atom stereocenters. The Bertz CT molecular complexity index is 1010. The van der Waals surface area contributed by atoms with Gasteiger partial charge in [0.2, 0.25) is 0 Å². The molecule has 0 atom stereocenters. The highest BCUT2D eigenvalue weighted by Crippen LogP contribution is 2.30. The topological polar surface area (TPSA) is 0 Å². The Labute approximate surface area is 168 Å². The first-order valence-corrected chi connectivity index (χ1v) is 10.2. The summed E-state index contributed by atoms with van der Waals surface area (Å²) in [4.78, 5) is 0. The van der Waals surface area contributed by atoms with E-state index in [-0.39, 0.29) is 0 Å². The molecule has 0 aromatic heterocycles. The average Bonchev–Trinajstić information content (AvgIpc) is 2.79. The Morgan fingerprint density at radius 2 is 0.893 bits per heavy atom. The summed E-state index contributed by atoms with van der Waals surface area (Å²) in [5.41, 5.74) is 9.09. The SMILES string of the molecule is CCCCc1cc(-c2ccccc2)cc(-c2ccc(-c3ccccc3)cc2)c1. The first kappa shape index (κ1) is 18.3. The van der Waals surface area contributed by atoms with Crippen molar-refractivity contribution in [1.82, 2.24) is 0 Å². The van der Waals surface area contributed by atoms with Gasteiger partial charge in [-0.15, -0.1) is 0 Å². The number of rotatable bonds is 6. The van der Waals surface area contributed by atoms with Crippen molar-refractivity contribution in [3.05, 3.63) is 109 Å². The molecule has 0 N–H and O–H groups in total. The minimum atomic E-state index is 1.13. The van der Waals surface area contributed by atoms with E-state index in [1.54, 1.807) is 0 Å². The van der Waals surface area contributed by atoms with Crippen LogP contribution in [-0.4, -0.2) is 0 Å². The van der Waals surface area contributed by atoms with Gasteiger partial charge in [0, 0.05) is 0 Å². The summed E-state index contributed by atoms with van der Waals surface area (Å²) in [6.45, 7) is 2.25. The maximum atomic E-state index is 2.36. The van der Waals surface area contributed by atoms with Crippen molar-refractivity contribution >= 4 is 0 Å². The van der Waals surface area contributed by atoms with Gasteiger partial charge in [-0.25, -0.2) is 0 Å². The van der Waals surface area contributed by atoms with Gasteiger partial charge in [0.15, 0.2) is 0 Å². The van der Waals surface area contributed by atoms with Crippen molar-refractivity contribution < 1.29 is 0 Å². The molecular formula is C28H26. The fourth-order valence-electron chi connectivity index (χ4n) is 3.67. The predicted octanol–water partition coefficient (Wildman–Crippen LogP) is 8.03. The second-order valence-corrected chi connectivity index (χ2v) is 7.33. The van der Waals surface area contributed by atoms with Crippen LogP contribution in [0.3, 0.4) is 0 Å². The number of benzene rings is 4. The molecule has 0 aliphatic heterocycles. The third kappa shape index (κ3) is 4.23. The molecule has 0 aliphatic rings. The summed E-state index contributed by atoms with van der Waals surface area (Å²) in [7, 11) is 0. The molecule has 4 aromatic rings. The van der Waals surface area contributed by atoms with Crippen LogP contribution in [0.25, 0.3) is 33.4 Å². The van der Waals surface area contributed by atoms with Crippen LogP contribution >= 0.6 is 0 Å². The van der Waals surface area contributed by atoms with E-state index in [4.69, 9.17) is 0 Å². The van der Waals surface area contributed by atoms with Gasteiger partial charge < -0.3 is 0 Å². The lowest BCUT2D eigenvalue weighted by molar-refractivity contribution is 0.795.